The Bertz CT molecular complexity index is 478. The highest BCUT2D eigenvalue weighted by molar-refractivity contribution is 6.31. The number of rotatable bonds is 2. The molecule has 5 heteroatoms. The fraction of sp³-hybridized carbons (Fsp3) is 0.500. The van der Waals surface area contributed by atoms with Crippen LogP contribution < -0.4 is 5.32 Å². The van der Waals surface area contributed by atoms with Crippen LogP contribution >= 0.6 is 11.6 Å². The average Bonchev–Trinajstić information content (AvgIpc) is 2.09. The Balaban J connectivity index is 2.07. The topological polar surface area (TPSA) is 47.6 Å². The Hall–Kier alpha value is -1.26. The molecule has 1 saturated heterocycles. The van der Waals surface area contributed by atoms with Crippen molar-refractivity contribution in [1.82, 2.24) is 0 Å². The zero-order chi connectivity index (χ0) is 14.0. The number of anilines is 1. The molecule has 4 nitrogen and oxygen atoms in total. The zero-order valence-corrected chi connectivity index (χ0v) is 12.1. The number of nitrogens with one attached hydrogen (secondary N) is 1. The lowest BCUT2D eigenvalue weighted by molar-refractivity contribution is 0.00845. The molecule has 0 radical (unpaired) electrons. The third-order valence-corrected chi connectivity index (χ3v) is 2.89. The second-order valence-corrected chi connectivity index (χ2v) is 6.07. The molecule has 1 amide bonds. The van der Waals surface area contributed by atoms with E-state index >= 15 is 0 Å². The van der Waals surface area contributed by atoms with Crippen molar-refractivity contribution >= 4 is 23.4 Å². The molecule has 1 fully saturated rings. The summed E-state index contributed by atoms with van der Waals surface area (Å²) >= 11 is 6.06. The lowest BCUT2D eigenvalue weighted by Crippen LogP contribution is -2.27. The first-order chi connectivity index (χ1) is 8.83. The van der Waals surface area contributed by atoms with Crippen molar-refractivity contribution < 1.29 is 14.3 Å². The lowest BCUT2D eigenvalue weighted by Gasteiger charge is -2.27. The Kier molecular flexibility index (Phi) is 4.02. The Morgan fingerprint density at radius 3 is 2.58 bits per heavy atom. The van der Waals surface area contributed by atoms with Gasteiger partial charge in [0.1, 0.15) is 5.60 Å². The van der Waals surface area contributed by atoms with E-state index in [4.69, 9.17) is 21.1 Å². The van der Waals surface area contributed by atoms with E-state index in [1.54, 1.807) is 6.07 Å². The van der Waals surface area contributed by atoms with E-state index in [2.05, 4.69) is 5.32 Å². The van der Waals surface area contributed by atoms with Crippen LogP contribution in [0.1, 0.15) is 32.3 Å². The summed E-state index contributed by atoms with van der Waals surface area (Å²) in [5.74, 6) is 0.359. The molecule has 2 rings (SSSR count). The molecule has 0 spiro atoms. The predicted octanol–water partition coefficient (Wildman–Crippen LogP) is 3.80. The first kappa shape index (κ1) is 14.2. The van der Waals surface area contributed by atoms with Gasteiger partial charge in [-0.05, 0) is 44.5 Å². The van der Waals surface area contributed by atoms with Crippen molar-refractivity contribution in [2.24, 2.45) is 0 Å². The number of carbonyl (C=O) groups excluding carboxylic acids is 1. The van der Waals surface area contributed by atoms with Gasteiger partial charge in [0, 0.05) is 16.6 Å². The summed E-state index contributed by atoms with van der Waals surface area (Å²) in [5, 5.41) is 3.29. The maximum absolute atomic E-state index is 11.7. The summed E-state index contributed by atoms with van der Waals surface area (Å²) < 4.78 is 10.4. The number of halogens is 1. The second-order valence-electron chi connectivity index (χ2n) is 5.63. The van der Waals surface area contributed by atoms with Gasteiger partial charge in [0.05, 0.1) is 13.2 Å². The van der Waals surface area contributed by atoms with Crippen LogP contribution in [-0.2, 0) is 9.47 Å². The van der Waals surface area contributed by atoms with Gasteiger partial charge < -0.3 is 9.47 Å². The summed E-state index contributed by atoms with van der Waals surface area (Å²) in [5.41, 5.74) is 1.20. The monoisotopic (exact) mass is 283 g/mol. The standard InChI is InChI=1S/C14H18ClNO3/c1-14(2,3)19-13(17)16-12-5-9(4-11(15)6-12)10-7-18-8-10/h4-6,10H,7-8H2,1-3H3,(H,16,17). The van der Waals surface area contributed by atoms with Crippen molar-refractivity contribution in [2.45, 2.75) is 32.3 Å². The maximum atomic E-state index is 11.7. The molecule has 1 aromatic carbocycles. The number of amides is 1. The SMILES string of the molecule is CC(C)(C)OC(=O)Nc1cc(Cl)cc(C2COC2)c1. The van der Waals surface area contributed by atoms with Crippen LogP contribution in [0.25, 0.3) is 0 Å². The van der Waals surface area contributed by atoms with Gasteiger partial charge in [-0.25, -0.2) is 4.79 Å². The maximum Gasteiger partial charge on any atom is 0.412 e. The number of hydrogen-bond donors (Lipinski definition) is 1. The highest BCUT2D eigenvalue weighted by Gasteiger charge is 2.22. The van der Waals surface area contributed by atoms with E-state index in [-0.39, 0.29) is 0 Å². The van der Waals surface area contributed by atoms with Crippen LogP contribution in [0.4, 0.5) is 10.5 Å². The number of benzene rings is 1. The molecule has 1 aromatic rings. The first-order valence-electron chi connectivity index (χ1n) is 6.22. The molecular formula is C14H18ClNO3. The third kappa shape index (κ3) is 4.11. The zero-order valence-electron chi connectivity index (χ0n) is 11.3. The largest absolute Gasteiger partial charge is 0.444 e. The van der Waals surface area contributed by atoms with E-state index in [9.17, 15) is 4.79 Å². The number of ether oxygens (including phenoxy) is 2. The third-order valence-electron chi connectivity index (χ3n) is 2.67. The molecule has 1 aliphatic rings. The fourth-order valence-corrected chi connectivity index (χ4v) is 2.01. The van der Waals surface area contributed by atoms with E-state index < -0.39 is 11.7 Å². The highest BCUT2D eigenvalue weighted by Crippen LogP contribution is 2.29. The molecule has 104 valence electrons. The number of hydrogen-bond acceptors (Lipinski definition) is 3. The minimum Gasteiger partial charge on any atom is -0.444 e. The van der Waals surface area contributed by atoms with E-state index in [1.165, 1.54) is 0 Å². The van der Waals surface area contributed by atoms with E-state index in [1.807, 2.05) is 32.9 Å². The predicted molar refractivity (Wildman–Crippen MR) is 74.9 cm³/mol. The summed E-state index contributed by atoms with van der Waals surface area (Å²) in [6, 6.07) is 5.51. The van der Waals surface area contributed by atoms with Crippen LogP contribution in [-0.4, -0.2) is 24.9 Å². The minimum atomic E-state index is -0.521. The minimum absolute atomic E-state index is 0.359. The molecule has 1 N–H and O–H groups in total. The molecular weight excluding hydrogens is 266 g/mol. The highest BCUT2D eigenvalue weighted by atomic mass is 35.5. The van der Waals surface area contributed by atoms with Gasteiger partial charge >= 0.3 is 6.09 Å². The Labute approximate surface area is 118 Å². The van der Waals surface area contributed by atoms with Crippen molar-refractivity contribution in [3.8, 4) is 0 Å². The van der Waals surface area contributed by atoms with Crippen molar-refractivity contribution in [3.05, 3.63) is 28.8 Å². The summed E-state index contributed by atoms with van der Waals surface area (Å²) in [7, 11) is 0. The smallest absolute Gasteiger partial charge is 0.412 e. The molecule has 0 bridgehead atoms. The lowest BCUT2D eigenvalue weighted by atomic mass is 9.97. The van der Waals surface area contributed by atoms with Gasteiger partial charge in [-0.2, -0.15) is 0 Å². The van der Waals surface area contributed by atoms with Gasteiger partial charge in [-0.1, -0.05) is 11.6 Å². The number of carbonyl (C=O) groups is 1. The van der Waals surface area contributed by atoms with E-state index in [0.29, 0.717) is 29.8 Å². The summed E-state index contributed by atoms with van der Waals surface area (Å²) in [6.07, 6.45) is -0.481. The van der Waals surface area contributed by atoms with E-state index in [0.717, 1.165) is 5.56 Å². The first-order valence-corrected chi connectivity index (χ1v) is 6.59. The molecule has 0 atom stereocenters. The van der Waals surface area contributed by atoms with Crippen LogP contribution in [0.15, 0.2) is 18.2 Å². The molecule has 0 aromatic heterocycles. The van der Waals surface area contributed by atoms with Crippen LogP contribution in [0.3, 0.4) is 0 Å². The van der Waals surface area contributed by atoms with Crippen molar-refractivity contribution in [2.75, 3.05) is 18.5 Å². The molecule has 1 heterocycles. The normalized spacial score (nSPS) is 15.8. The Morgan fingerprint density at radius 2 is 2.05 bits per heavy atom. The quantitative estimate of drug-likeness (QED) is 0.898. The van der Waals surface area contributed by atoms with Gasteiger partial charge in [0.25, 0.3) is 0 Å². The molecule has 19 heavy (non-hydrogen) atoms. The van der Waals surface area contributed by atoms with Gasteiger partial charge in [-0.3, -0.25) is 5.32 Å². The van der Waals surface area contributed by atoms with Crippen molar-refractivity contribution in [3.63, 3.8) is 0 Å². The van der Waals surface area contributed by atoms with Crippen LogP contribution in [0.5, 0.6) is 0 Å². The molecule has 0 unspecified atom stereocenters. The van der Waals surface area contributed by atoms with Crippen LogP contribution in [0, 0.1) is 0 Å². The molecule has 1 aliphatic heterocycles. The average molecular weight is 284 g/mol. The van der Waals surface area contributed by atoms with Gasteiger partial charge in [0.2, 0.25) is 0 Å². The van der Waals surface area contributed by atoms with Gasteiger partial charge in [-0.15, -0.1) is 0 Å². The summed E-state index contributed by atoms with van der Waals surface area (Å²) in [6.45, 7) is 6.86. The van der Waals surface area contributed by atoms with Crippen LogP contribution in [0.2, 0.25) is 5.02 Å². The molecule has 0 saturated carbocycles. The Morgan fingerprint density at radius 1 is 1.37 bits per heavy atom. The second kappa shape index (κ2) is 5.39. The van der Waals surface area contributed by atoms with Gasteiger partial charge in [0.15, 0.2) is 0 Å². The van der Waals surface area contributed by atoms with Crippen molar-refractivity contribution in [1.29, 1.82) is 0 Å². The summed E-state index contributed by atoms with van der Waals surface area (Å²) in [4.78, 5) is 11.7. The molecule has 0 aliphatic carbocycles. The fourth-order valence-electron chi connectivity index (χ4n) is 1.77.